The molecule has 0 amide bonds. The fourth-order valence-electron chi connectivity index (χ4n) is 3.93. The van der Waals surface area contributed by atoms with E-state index in [9.17, 15) is 0 Å². The van der Waals surface area contributed by atoms with Crippen molar-refractivity contribution in [3.63, 3.8) is 0 Å². The Morgan fingerprint density at radius 3 is 2.78 bits per heavy atom. The highest BCUT2D eigenvalue weighted by Crippen LogP contribution is 2.50. The number of fused-ring (bicyclic) bond motifs is 2. The molecule has 0 aliphatic carbocycles. The fraction of sp³-hybridized carbons (Fsp3) is 0.455. The van der Waals surface area contributed by atoms with E-state index in [1.54, 1.807) is 7.11 Å². The average molecular weight is 401 g/mol. The highest BCUT2D eigenvalue weighted by atomic mass is 32.2. The van der Waals surface area contributed by atoms with E-state index in [2.05, 4.69) is 59.8 Å². The van der Waals surface area contributed by atoms with E-state index in [1.807, 2.05) is 23.5 Å². The van der Waals surface area contributed by atoms with Gasteiger partial charge in [0.25, 0.3) is 0 Å². The van der Waals surface area contributed by atoms with Gasteiger partial charge >= 0.3 is 0 Å². The second kappa shape index (κ2) is 8.38. The number of nitrogens with one attached hydrogen (secondary N) is 1. The van der Waals surface area contributed by atoms with Crippen molar-refractivity contribution in [2.24, 2.45) is 5.92 Å². The molecule has 2 heterocycles. The predicted octanol–water partition coefficient (Wildman–Crippen LogP) is 5.80. The van der Waals surface area contributed by atoms with Gasteiger partial charge in [0.05, 0.1) is 18.5 Å². The molecule has 0 aromatic heterocycles. The molecule has 0 saturated carbocycles. The van der Waals surface area contributed by atoms with E-state index < -0.39 is 0 Å². The number of thioether (sulfide) groups is 1. The van der Waals surface area contributed by atoms with Crippen LogP contribution in [-0.2, 0) is 0 Å². The highest BCUT2D eigenvalue weighted by molar-refractivity contribution is 8.00. The Balaban J connectivity index is 1.62. The molecule has 2 atom stereocenters. The van der Waals surface area contributed by atoms with Gasteiger partial charge in [-0.05, 0) is 74.4 Å². The van der Waals surface area contributed by atoms with Crippen LogP contribution in [0.3, 0.4) is 0 Å². The van der Waals surface area contributed by atoms with Gasteiger partial charge in [-0.15, -0.1) is 11.8 Å². The maximum Gasteiger partial charge on any atom is 0.120 e. The summed E-state index contributed by atoms with van der Waals surface area (Å²) in [5.41, 5.74) is 2.64. The van der Waals surface area contributed by atoms with Crippen molar-refractivity contribution in [1.82, 2.24) is 5.32 Å². The zero-order valence-corrected chi connectivity index (χ0v) is 18.0. The van der Waals surface area contributed by atoms with Crippen LogP contribution in [0.25, 0.3) is 0 Å². The highest BCUT2D eigenvalue weighted by Gasteiger charge is 2.26. The number of nitrogens with zero attached hydrogens (tertiary/aromatic N) is 1. The maximum atomic E-state index is 5.46. The third-order valence-corrected chi connectivity index (χ3v) is 7.44. The van der Waals surface area contributed by atoms with Crippen LogP contribution in [0.2, 0.25) is 0 Å². The summed E-state index contributed by atoms with van der Waals surface area (Å²) in [4.78, 5) is 6.45. The van der Waals surface area contributed by atoms with Crippen LogP contribution in [0.1, 0.15) is 26.2 Å². The summed E-state index contributed by atoms with van der Waals surface area (Å²) in [6.07, 6.45) is 5.95. The summed E-state index contributed by atoms with van der Waals surface area (Å²) >= 11 is 3.66. The van der Waals surface area contributed by atoms with Gasteiger partial charge in [-0.25, -0.2) is 0 Å². The van der Waals surface area contributed by atoms with Crippen LogP contribution in [0.5, 0.6) is 5.75 Å². The van der Waals surface area contributed by atoms with E-state index in [0.717, 1.165) is 24.8 Å². The Morgan fingerprint density at radius 1 is 1.15 bits per heavy atom. The lowest BCUT2D eigenvalue weighted by Crippen LogP contribution is -2.40. The third-order valence-electron chi connectivity index (χ3n) is 5.60. The fourth-order valence-corrected chi connectivity index (χ4v) is 5.46. The summed E-state index contributed by atoms with van der Waals surface area (Å²) in [7, 11) is 1.74. The number of anilines is 2. The molecule has 1 fully saturated rings. The lowest BCUT2D eigenvalue weighted by Gasteiger charge is -2.35. The van der Waals surface area contributed by atoms with Crippen LogP contribution in [0.4, 0.5) is 11.4 Å². The van der Waals surface area contributed by atoms with Crippen molar-refractivity contribution in [2.75, 3.05) is 31.4 Å². The summed E-state index contributed by atoms with van der Waals surface area (Å²) < 4.78 is 5.46. The largest absolute Gasteiger partial charge is 0.497 e. The number of rotatable bonds is 5. The van der Waals surface area contributed by atoms with Gasteiger partial charge in [0.2, 0.25) is 0 Å². The number of ether oxygens (including phenoxy) is 1. The van der Waals surface area contributed by atoms with Gasteiger partial charge in [0.15, 0.2) is 0 Å². The Kier molecular flexibility index (Phi) is 5.90. The molecule has 2 aliphatic rings. The quantitative estimate of drug-likeness (QED) is 0.640. The molecular weight excluding hydrogens is 372 g/mol. The Labute approximate surface area is 171 Å². The second-order valence-corrected chi connectivity index (χ2v) is 9.46. The smallest absolute Gasteiger partial charge is 0.120 e. The van der Waals surface area contributed by atoms with Gasteiger partial charge in [-0.1, -0.05) is 18.7 Å². The van der Waals surface area contributed by atoms with Crippen molar-refractivity contribution < 1.29 is 4.74 Å². The van der Waals surface area contributed by atoms with Crippen molar-refractivity contribution in [2.45, 2.75) is 46.9 Å². The van der Waals surface area contributed by atoms with E-state index in [0.29, 0.717) is 6.04 Å². The van der Waals surface area contributed by atoms with Crippen LogP contribution >= 0.6 is 23.5 Å². The summed E-state index contributed by atoms with van der Waals surface area (Å²) in [5.74, 6) is 1.74. The Bertz CT molecular complexity index is 803. The lowest BCUT2D eigenvalue weighted by atomic mass is 9.94. The minimum atomic E-state index is 0.629. The van der Waals surface area contributed by atoms with Gasteiger partial charge in [0, 0.05) is 27.3 Å². The monoisotopic (exact) mass is 400 g/mol. The van der Waals surface area contributed by atoms with Crippen LogP contribution in [0.15, 0.2) is 51.1 Å². The molecular formula is C22H28N2OS2. The first-order valence-electron chi connectivity index (χ1n) is 9.73. The molecule has 2 aromatic carbocycles. The van der Waals surface area contributed by atoms with Crippen LogP contribution < -0.4 is 15.0 Å². The number of piperidine rings is 1. The normalized spacial score (nSPS) is 21.5. The zero-order valence-electron chi connectivity index (χ0n) is 16.3. The van der Waals surface area contributed by atoms with E-state index in [4.69, 9.17) is 4.74 Å². The minimum absolute atomic E-state index is 0.629. The number of hydrogen-bond donors (Lipinski definition) is 1. The third kappa shape index (κ3) is 4.10. The molecule has 1 N–H and O–H groups in total. The molecule has 0 spiro atoms. The number of hydrogen-bond acceptors (Lipinski definition) is 5. The van der Waals surface area contributed by atoms with Gasteiger partial charge in [-0.2, -0.15) is 0 Å². The molecule has 3 nitrogen and oxygen atoms in total. The van der Waals surface area contributed by atoms with Crippen molar-refractivity contribution >= 4 is 34.9 Å². The summed E-state index contributed by atoms with van der Waals surface area (Å²) in [6.45, 7) is 4.53. The molecule has 0 radical (unpaired) electrons. The molecule has 27 heavy (non-hydrogen) atoms. The molecule has 0 bridgehead atoms. The molecule has 1 saturated heterocycles. The number of methoxy groups -OCH3 is 1. The molecule has 2 aliphatic heterocycles. The summed E-state index contributed by atoms with van der Waals surface area (Å²) in [6, 6.07) is 13.9. The van der Waals surface area contributed by atoms with Crippen molar-refractivity contribution in [3.8, 4) is 5.75 Å². The molecule has 2 aromatic rings. The predicted molar refractivity (Wildman–Crippen MR) is 117 cm³/mol. The topological polar surface area (TPSA) is 24.5 Å². The van der Waals surface area contributed by atoms with E-state index in [-0.39, 0.29) is 0 Å². The first-order valence-corrected chi connectivity index (χ1v) is 11.8. The lowest BCUT2D eigenvalue weighted by molar-refractivity contribution is 0.318. The average Bonchev–Trinajstić information content (AvgIpc) is 2.71. The van der Waals surface area contributed by atoms with Crippen molar-refractivity contribution in [3.05, 3.63) is 36.4 Å². The Hall–Kier alpha value is -1.30. The SMILES string of the molecule is COc1ccc2c(c1)Sc1ccc(SC)cc1N2CCC1CCC(C)CN1. The van der Waals surface area contributed by atoms with Crippen LogP contribution in [-0.4, -0.2) is 32.5 Å². The van der Waals surface area contributed by atoms with Crippen molar-refractivity contribution in [1.29, 1.82) is 0 Å². The summed E-state index contributed by atoms with van der Waals surface area (Å²) in [5, 5.41) is 3.74. The van der Waals surface area contributed by atoms with Gasteiger partial charge in [0.1, 0.15) is 5.75 Å². The van der Waals surface area contributed by atoms with E-state index >= 15 is 0 Å². The molecule has 4 rings (SSSR count). The first-order chi connectivity index (χ1) is 13.2. The maximum absolute atomic E-state index is 5.46. The van der Waals surface area contributed by atoms with E-state index in [1.165, 1.54) is 45.3 Å². The molecule has 144 valence electrons. The minimum Gasteiger partial charge on any atom is -0.497 e. The zero-order chi connectivity index (χ0) is 18.8. The Morgan fingerprint density at radius 2 is 2.04 bits per heavy atom. The molecule has 2 unspecified atom stereocenters. The van der Waals surface area contributed by atoms with Gasteiger partial charge < -0.3 is 15.0 Å². The van der Waals surface area contributed by atoms with Gasteiger partial charge in [-0.3, -0.25) is 0 Å². The number of benzene rings is 2. The first kappa shape index (κ1) is 19.0. The second-order valence-electron chi connectivity index (χ2n) is 7.50. The standard InChI is InChI=1S/C22H28N2OS2/c1-15-4-5-16(23-14-15)10-11-24-19-8-6-17(25-2)12-22(19)27-21-9-7-18(26-3)13-20(21)24/h6-9,12-13,15-16,23H,4-5,10-11,14H2,1-3H3. The molecule has 5 heteroatoms. The van der Waals surface area contributed by atoms with Crippen LogP contribution in [0, 0.1) is 5.92 Å².